The Morgan fingerprint density at radius 1 is 1.43 bits per heavy atom. The summed E-state index contributed by atoms with van der Waals surface area (Å²) >= 11 is 1.38. The highest BCUT2D eigenvalue weighted by molar-refractivity contribution is 7.99. The van der Waals surface area contributed by atoms with Crippen LogP contribution in [-0.2, 0) is 15.3 Å². The lowest BCUT2D eigenvalue weighted by Crippen LogP contribution is -2.06. The smallest absolute Gasteiger partial charge is 0.315 e. The molecule has 0 radical (unpaired) electrons. The number of ether oxygens (including phenoxy) is 2. The minimum absolute atomic E-state index is 0.241. The molecule has 0 aliphatic heterocycles. The lowest BCUT2D eigenvalue weighted by Gasteiger charge is -2.00. The number of esters is 1. The molecule has 0 spiro atoms. The van der Waals surface area contributed by atoms with E-state index >= 15 is 0 Å². The average Bonchev–Trinajstić information content (AvgIpc) is 2.96. The van der Waals surface area contributed by atoms with Crippen molar-refractivity contribution in [2.24, 2.45) is 0 Å². The summed E-state index contributed by atoms with van der Waals surface area (Å²) in [6.07, 6.45) is 0. The summed E-state index contributed by atoms with van der Waals surface area (Å²) in [5.41, 5.74) is 0.819. The number of hydrogen-bond donors (Lipinski definition) is 0. The maximum absolute atomic E-state index is 11.2. The Hall–Kier alpha value is -2.02. The minimum atomic E-state index is -0.241. The molecule has 0 atom stereocenters. The van der Waals surface area contributed by atoms with Crippen molar-refractivity contribution < 1.29 is 18.8 Å². The van der Waals surface area contributed by atoms with Gasteiger partial charge in [-0.25, -0.2) is 0 Å². The van der Waals surface area contributed by atoms with Crippen LogP contribution >= 0.6 is 11.8 Å². The van der Waals surface area contributed by atoms with Gasteiger partial charge in [-0.2, -0.15) is 4.98 Å². The van der Waals surface area contributed by atoms with Gasteiger partial charge in [0.05, 0.1) is 25.2 Å². The second kappa shape index (κ2) is 7.68. The van der Waals surface area contributed by atoms with Crippen LogP contribution in [0.4, 0.5) is 0 Å². The fourth-order valence-electron chi connectivity index (χ4n) is 1.62. The molecule has 1 aromatic carbocycles. The second-order valence-corrected chi connectivity index (χ2v) is 5.03. The van der Waals surface area contributed by atoms with Crippen molar-refractivity contribution in [3.05, 3.63) is 30.2 Å². The fourth-order valence-corrected chi connectivity index (χ4v) is 2.26. The number of benzene rings is 1. The van der Waals surface area contributed by atoms with Gasteiger partial charge >= 0.3 is 5.97 Å². The lowest BCUT2D eigenvalue weighted by atomic mass is 10.2. The first-order valence-corrected chi connectivity index (χ1v) is 7.58. The van der Waals surface area contributed by atoms with E-state index in [1.165, 1.54) is 11.8 Å². The van der Waals surface area contributed by atoms with Crippen LogP contribution in [0.2, 0.25) is 0 Å². The highest BCUT2D eigenvalue weighted by atomic mass is 32.2. The molecule has 6 nitrogen and oxygen atoms in total. The van der Waals surface area contributed by atoms with Crippen molar-refractivity contribution >= 4 is 17.7 Å². The predicted octanol–water partition coefficient (Wildman–Crippen LogP) is 2.54. The topological polar surface area (TPSA) is 74.5 Å². The Labute approximate surface area is 126 Å². The van der Waals surface area contributed by atoms with E-state index in [9.17, 15) is 4.79 Å². The molecule has 0 saturated carbocycles. The van der Waals surface area contributed by atoms with Gasteiger partial charge in [0.1, 0.15) is 5.75 Å². The predicted molar refractivity (Wildman–Crippen MR) is 79.1 cm³/mol. The van der Waals surface area contributed by atoms with Crippen molar-refractivity contribution in [3.63, 3.8) is 0 Å². The molecule has 0 unspecified atom stereocenters. The molecule has 1 aromatic heterocycles. The quantitative estimate of drug-likeness (QED) is 0.728. The van der Waals surface area contributed by atoms with E-state index in [1.54, 1.807) is 14.0 Å². The third kappa shape index (κ3) is 4.49. The van der Waals surface area contributed by atoms with Gasteiger partial charge in [0.25, 0.3) is 0 Å². The Morgan fingerprint density at radius 3 is 3.05 bits per heavy atom. The molecular formula is C14H16N2O4S. The van der Waals surface area contributed by atoms with Gasteiger partial charge < -0.3 is 14.0 Å². The van der Waals surface area contributed by atoms with Crippen LogP contribution in [0.25, 0.3) is 11.4 Å². The van der Waals surface area contributed by atoms with E-state index in [0.29, 0.717) is 24.1 Å². The van der Waals surface area contributed by atoms with Gasteiger partial charge in [0.15, 0.2) is 0 Å². The number of rotatable bonds is 7. The van der Waals surface area contributed by atoms with Crippen molar-refractivity contribution in [1.29, 1.82) is 0 Å². The Kier molecular flexibility index (Phi) is 5.62. The minimum Gasteiger partial charge on any atom is -0.497 e. The fraction of sp³-hybridized carbons (Fsp3) is 0.357. The largest absolute Gasteiger partial charge is 0.497 e. The van der Waals surface area contributed by atoms with Gasteiger partial charge in [-0.05, 0) is 19.1 Å². The third-order valence-electron chi connectivity index (χ3n) is 2.55. The molecule has 112 valence electrons. The standard InChI is InChI=1S/C14H16N2O4S/c1-3-19-13(17)9-21-8-12-15-14(16-20-12)10-5-4-6-11(7-10)18-2/h4-7H,3,8-9H2,1-2H3. The summed E-state index contributed by atoms with van der Waals surface area (Å²) in [5.74, 6) is 2.20. The molecule has 0 aliphatic rings. The van der Waals surface area contributed by atoms with Crippen molar-refractivity contribution in [1.82, 2.24) is 10.1 Å². The molecule has 7 heteroatoms. The monoisotopic (exact) mass is 308 g/mol. The van der Waals surface area contributed by atoms with E-state index in [1.807, 2.05) is 24.3 Å². The number of aromatic nitrogens is 2. The van der Waals surface area contributed by atoms with Crippen LogP contribution in [0.3, 0.4) is 0 Å². The first-order chi connectivity index (χ1) is 10.2. The molecule has 0 amide bonds. The van der Waals surface area contributed by atoms with E-state index in [-0.39, 0.29) is 11.7 Å². The number of hydrogen-bond acceptors (Lipinski definition) is 7. The summed E-state index contributed by atoms with van der Waals surface area (Å²) < 4.78 is 15.2. The van der Waals surface area contributed by atoms with Gasteiger partial charge in [0, 0.05) is 5.56 Å². The van der Waals surface area contributed by atoms with E-state index in [2.05, 4.69) is 10.1 Å². The van der Waals surface area contributed by atoms with Gasteiger partial charge in [-0.3, -0.25) is 4.79 Å². The summed E-state index contributed by atoms with van der Waals surface area (Å²) in [6.45, 7) is 2.17. The van der Waals surface area contributed by atoms with E-state index in [4.69, 9.17) is 14.0 Å². The third-order valence-corrected chi connectivity index (χ3v) is 3.44. The van der Waals surface area contributed by atoms with Crippen LogP contribution in [0.5, 0.6) is 5.75 Å². The summed E-state index contributed by atoms with van der Waals surface area (Å²) in [6, 6.07) is 7.42. The lowest BCUT2D eigenvalue weighted by molar-refractivity contribution is -0.139. The summed E-state index contributed by atoms with van der Waals surface area (Å²) in [4.78, 5) is 15.5. The van der Waals surface area contributed by atoms with Crippen molar-refractivity contribution in [2.45, 2.75) is 12.7 Å². The number of nitrogens with zero attached hydrogens (tertiary/aromatic N) is 2. The Bertz CT molecular complexity index is 600. The van der Waals surface area contributed by atoms with Gasteiger partial charge in [0.2, 0.25) is 11.7 Å². The van der Waals surface area contributed by atoms with Crippen LogP contribution < -0.4 is 4.74 Å². The maximum atomic E-state index is 11.2. The zero-order valence-electron chi connectivity index (χ0n) is 11.9. The summed E-state index contributed by atoms with van der Waals surface area (Å²) in [5, 5.41) is 3.92. The van der Waals surface area contributed by atoms with Crippen LogP contribution in [-0.4, -0.2) is 35.6 Å². The summed E-state index contributed by atoms with van der Waals surface area (Å²) in [7, 11) is 1.60. The van der Waals surface area contributed by atoms with E-state index < -0.39 is 0 Å². The van der Waals surface area contributed by atoms with Crippen molar-refractivity contribution in [3.8, 4) is 17.1 Å². The van der Waals surface area contributed by atoms with Gasteiger partial charge in [-0.1, -0.05) is 17.3 Å². The Balaban J connectivity index is 1.93. The molecule has 0 aliphatic carbocycles. The molecule has 2 aromatic rings. The number of thioether (sulfide) groups is 1. The van der Waals surface area contributed by atoms with Crippen LogP contribution in [0.1, 0.15) is 12.8 Å². The molecule has 0 N–H and O–H groups in total. The normalized spacial score (nSPS) is 10.4. The first kappa shape index (κ1) is 15.4. The number of carbonyl (C=O) groups excluding carboxylic acids is 1. The zero-order valence-corrected chi connectivity index (χ0v) is 12.7. The number of carbonyl (C=O) groups is 1. The molecule has 2 rings (SSSR count). The average molecular weight is 308 g/mol. The second-order valence-electron chi connectivity index (χ2n) is 4.04. The van der Waals surface area contributed by atoms with Crippen molar-refractivity contribution in [2.75, 3.05) is 19.5 Å². The maximum Gasteiger partial charge on any atom is 0.315 e. The molecule has 1 heterocycles. The highest BCUT2D eigenvalue weighted by Crippen LogP contribution is 2.22. The van der Waals surface area contributed by atoms with Gasteiger partial charge in [-0.15, -0.1) is 11.8 Å². The molecule has 21 heavy (non-hydrogen) atoms. The first-order valence-electron chi connectivity index (χ1n) is 6.43. The molecule has 0 fully saturated rings. The number of methoxy groups -OCH3 is 1. The molecular weight excluding hydrogens is 292 g/mol. The van der Waals surface area contributed by atoms with E-state index in [0.717, 1.165) is 11.3 Å². The van der Waals surface area contributed by atoms with Crippen LogP contribution in [0.15, 0.2) is 28.8 Å². The zero-order chi connectivity index (χ0) is 15.1. The molecule has 0 saturated heterocycles. The molecule has 0 bridgehead atoms. The van der Waals surface area contributed by atoms with Crippen LogP contribution in [0, 0.1) is 0 Å². The highest BCUT2D eigenvalue weighted by Gasteiger charge is 2.10. The SMILES string of the molecule is CCOC(=O)CSCc1nc(-c2cccc(OC)c2)no1. The Morgan fingerprint density at radius 2 is 2.29 bits per heavy atom.